The molecule has 6 heteroatoms. The summed E-state index contributed by atoms with van der Waals surface area (Å²) in [5, 5.41) is 5.08. The maximum absolute atomic E-state index is 11.9. The van der Waals surface area contributed by atoms with Crippen LogP contribution in [0.1, 0.15) is 10.4 Å². The minimum Gasteiger partial charge on any atom is -0.397 e. The van der Waals surface area contributed by atoms with Crippen LogP contribution in [-0.2, 0) is 0 Å². The van der Waals surface area contributed by atoms with E-state index < -0.39 is 0 Å². The van der Waals surface area contributed by atoms with Crippen LogP contribution in [-0.4, -0.2) is 5.91 Å². The van der Waals surface area contributed by atoms with Gasteiger partial charge in [-0.05, 0) is 46.9 Å². The van der Waals surface area contributed by atoms with E-state index in [-0.39, 0.29) is 5.91 Å². The van der Waals surface area contributed by atoms with Gasteiger partial charge in [0.05, 0.1) is 19.8 Å². The Morgan fingerprint density at radius 2 is 2.18 bits per heavy atom. The molecule has 0 saturated heterocycles. The molecule has 0 aliphatic rings. The second-order valence-electron chi connectivity index (χ2n) is 3.33. The van der Waals surface area contributed by atoms with E-state index in [0.717, 1.165) is 2.88 Å². The zero-order chi connectivity index (χ0) is 12.4. The standard InChI is InChI=1S/C11H8ClIN2OS/c12-7-1-2-8(14)9(4-7)15-11(16)6-3-10(13)17-5-6/h1-5H,14H2,(H,15,16). The van der Waals surface area contributed by atoms with Crippen molar-refractivity contribution in [2.75, 3.05) is 11.1 Å². The molecular formula is C11H8ClIN2OS. The van der Waals surface area contributed by atoms with Crippen LogP contribution in [0.25, 0.3) is 0 Å². The lowest BCUT2D eigenvalue weighted by molar-refractivity contribution is 0.102. The fraction of sp³-hybridized carbons (Fsp3) is 0. The Hall–Kier alpha value is -0.790. The summed E-state index contributed by atoms with van der Waals surface area (Å²) in [4.78, 5) is 11.9. The summed E-state index contributed by atoms with van der Waals surface area (Å²) in [7, 11) is 0. The smallest absolute Gasteiger partial charge is 0.256 e. The molecule has 2 aromatic rings. The van der Waals surface area contributed by atoms with Gasteiger partial charge in [-0.2, -0.15) is 0 Å². The first-order valence-electron chi connectivity index (χ1n) is 4.66. The number of halogens is 2. The van der Waals surface area contributed by atoms with Gasteiger partial charge in [0.15, 0.2) is 0 Å². The summed E-state index contributed by atoms with van der Waals surface area (Å²) in [5.41, 5.74) is 7.40. The molecule has 0 unspecified atom stereocenters. The molecule has 2 rings (SSSR count). The van der Waals surface area contributed by atoms with Crippen molar-refractivity contribution in [1.82, 2.24) is 0 Å². The van der Waals surface area contributed by atoms with Crippen LogP contribution < -0.4 is 11.1 Å². The molecule has 1 aromatic heterocycles. The summed E-state index contributed by atoms with van der Waals surface area (Å²) in [6, 6.07) is 6.79. The van der Waals surface area contributed by atoms with E-state index in [1.54, 1.807) is 23.6 Å². The highest BCUT2D eigenvalue weighted by Gasteiger charge is 2.10. The number of hydrogen-bond acceptors (Lipinski definition) is 3. The predicted octanol–water partition coefficient (Wildman–Crippen LogP) is 3.84. The Labute approximate surface area is 121 Å². The molecule has 3 N–H and O–H groups in total. The number of amides is 1. The molecule has 1 amide bonds. The second-order valence-corrected chi connectivity index (χ2v) is 6.57. The molecule has 17 heavy (non-hydrogen) atoms. The van der Waals surface area contributed by atoms with E-state index in [1.807, 2.05) is 6.07 Å². The average Bonchev–Trinajstić information content (AvgIpc) is 2.70. The maximum Gasteiger partial charge on any atom is 0.256 e. The lowest BCUT2D eigenvalue weighted by atomic mass is 10.2. The largest absolute Gasteiger partial charge is 0.397 e. The number of benzene rings is 1. The number of nitrogen functional groups attached to an aromatic ring is 1. The van der Waals surface area contributed by atoms with Crippen molar-refractivity contribution in [2.24, 2.45) is 0 Å². The maximum atomic E-state index is 11.9. The molecular weight excluding hydrogens is 371 g/mol. The number of carbonyl (C=O) groups excluding carboxylic acids is 1. The molecule has 1 heterocycles. The van der Waals surface area contributed by atoms with Crippen LogP contribution in [0, 0.1) is 2.88 Å². The second kappa shape index (κ2) is 5.24. The molecule has 0 spiro atoms. The Morgan fingerprint density at radius 1 is 1.41 bits per heavy atom. The number of anilines is 2. The highest BCUT2D eigenvalue weighted by molar-refractivity contribution is 14.1. The predicted molar refractivity (Wildman–Crippen MR) is 80.9 cm³/mol. The molecule has 0 bridgehead atoms. The minimum absolute atomic E-state index is 0.182. The average molecular weight is 379 g/mol. The van der Waals surface area contributed by atoms with Crippen LogP contribution in [0.4, 0.5) is 11.4 Å². The van der Waals surface area contributed by atoms with Gasteiger partial charge in [-0.3, -0.25) is 4.79 Å². The fourth-order valence-electron chi connectivity index (χ4n) is 1.26. The van der Waals surface area contributed by atoms with Crippen LogP contribution in [0.15, 0.2) is 29.6 Å². The fourth-order valence-corrected chi connectivity index (χ4v) is 2.76. The van der Waals surface area contributed by atoms with Gasteiger partial charge >= 0.3 is 0 Å². The minimum atomic E-state index is -0.182. The summed E-state index contributed by atoms with van der Waals surface area (Å²) in [6.45, 7) is 0. The van der Waals surface area contributed by atoms with Gasteiger partial charge in [0.2, 0.25) is 0 Å². The Bertz CT molecular complexity index is 570. The number of nitrogens with two attached hydrogens (primary N) is 1. The third-order valence-electron chi connectivity index (χ3n) is 2.09. The number of nitrogens with one attached hydrogen (secondary N) is 1. The lowest BCUT2D eigenvalue weighted by Crippen LogP contribution is -2.12. The first kappa shape index (κ1) is 12.7. The first-order valence-corrected chi connectivity index (χ1v) is 7.00. The number of carbonyl (C=O) groups is 1. The van der Waals surface area contributed by atoms with E-state index in [0.29, 0.717) is 22.0 Å². The SMILES string of the molecule is Nc1ccc(Cl)cc1NC(=O)c1csc(I)c1. The van der Waals surface area contributed by atoms with Crippen molar-refractivity contribution in [3.8, 4) is 0 Å². The summed E-state index contributed by atoms with van der Waals surface area (Å²) in [5.74, 6) is -0.182. The van der Waals surface area contributed by atoms with Gasteiger partial charge in [-0.1, -0.05) is 11.6 Å². The van der Waals surface area contributed by atoms with E-state index >= 15 is 0 Å². The number of hydrogen-bond donors (Lipinski definition) is 2. The van der Waals surface area contributed by atoms with Crippen molar-refractivity contribution >= 4 is 62.8 Å². The Balaban J connectivity index is 2.21. The van der Waals surface area contributed by atoms with Gasteiger partial charge in [0.1, 0.15) is 0 Å². The van der Waals surface area contributed by atoms with Crippen molar-refractivity contribution in [1.29, 1.82) is 0 Å². The zero-order valence-corrected chi connectivity index (χ0v) is 12.3. The van der Waals surface area contributed by atoms with Gasteiger partial charge in [-0.15, -0.1) is 11.3 Å². The third-order valence-corrected chi connectivity index (χ3v) is 4.12. The summed E-state index contributed by atoms with van der Waals surface area (Å²) >= 11 is 9.53. The molecule has 0 aliphatic carbocycles. The Morgan fingerprint density at radius 3 is 2.82 bits per heavy atom. The third kappa shape index (κ3) is 3.11. The van der Waals surface area contributed by atoms with Crippen LogP contribution in [0.5, 0.6) is 0 Å². The number of thiophene rings is 1. The molecule has 0 fully saturated rings. The highest BCUT2D eigenvalue weighted by atomic mass is 127. The van der Waals surface area contributed by atoms with Gasteiger partial charge in [0, 0.05) is 10.4 Å². The van der Waals surface area contributed by atoms with Crippen molar-refractivity contribution in [2.45, 2.75) is 0 Å². The normalized spacial score (nSPS) is 10.2. The van der Waals surface area contributed by atoms with Gasteiger partial charge in [-0.25, -0.2) is 0 Å². The van der Waals surface area contributed by atoms with Crippen LogP contribution in [0.2, 0.25) is 5.02 Å². The van der Waals surface area contributed by atoms with E-state index in [1.165, 1.54) is 11.3 Å². The zero-order valence-electron chi connectivity index (χ0n) is 8.54. The van der Waals surface area contributed by atoms with Gasteiger partial charge < -0.3 is 11.1 Å². The molecule has 88 valence electrons. The first-order chi connectivity index (χ1) is 8.06. The van der Waals surface area contributed by atoms with Crippen LogP contribution in [0.3, 0.4) is 0 Å². The Kier molecular flexibility index (Phi) is 3.90. The van der Waals surface area contributed by atoms with Crippen molar-refractivity contribution < 1.29 is 4.79 Å². The molecule has 0 aliphatic heterocycles. The molecule has 3 nitrogen and oxygen atoms in total. The van der Waals surface area contributed by atoms with E-state index in [4.69, 9.17) is 17.3 Å². The molecule has 0 atom stereocenters. The lowest BCUT2D eigenvalue weighted by Gasteiger charge is -2.07. The summed E-state index contributed by atoms with van der Waals surface area (Å²) in [6.07, 6.45) is 0. The van der Waals surface area contributed by atoms with Crippen molar-refractivity contribution in [3.05, 3.63) is 43.1 Å². The topological polar surface area (TPSA) is 55.1 Å². The van der Waals surface area contributed by atoms with Gasteiger partial charge in [0.25, 0.3) is 5.91 Å². The van der Waals surface area contributed by atoms with Crippen LogP contribution >= 0.6 is 45.5 Å². The monoisotopic (exact) mass is 378 g/mol. The summed E-state index contributed by atoms with van der Waals surface area (Å²) < 4.78 is 1.06. The van der Waals surface area contributed by atoms with Crippen molar-refractivity contribution in [3.63, 3.8) is 0 Å². The van der Waals surface area contributed by atoms with E-state index in [2.05, 4.69) is 27.9 Å². The molecule has 0 radical (unpaired) electrons. The number of rotatable bonds is 2. The molecule has 0 saturated carbocycles. The quantitative estimate of drug-likeness (QED) is 0.616. The highest BCUT2D eigenvalue weighted by Crippen LogP contribution is 2.24. The molecule has 1 aromatic carbocycles. The van der Waals surface area contributed by atoms with E-state index in [9.17, 15) is 4.79 Å².